The summed E-state index contributed by atoms with van der Waals surface area (Å²) < 4.78 is 5.90. The number of ether oxygens (including phenoxy) is 1. The van der Waals surface area contributed by atoms with Crippen LogP contribution in [-0.2, 0) is 15.1 Å². The molecule has 0 radical (unpaired) electrons. The van der Waals surface area contributed by atoms with Gasteiger partial charge in [-0.15, -0.1) is 0 Å². The Morgan fingerprint density at radius 3 is 2.62 bits per heavy atom. The van der Waals surface area contributed by atoms with Crippen LogP contribution in [0.15, 0.2) is 53.3 Å². The van der Waals surface area contributed by atoms with E-state index in [1.54, 1.807) is 12.3 Å². The van der Waals surface area contributed by atoms with Gasteiger partial charge in [-0.25, -0.2) is 9.78 Å². The zero-order chi connectivity index (χ0) is 27.9. The normalized spacial score (nSPS) is 22.6. The molecular weight excluding hydrogens is 512 g/mol. The summed E-state index contributed by atoms with van der Waals surface area (Å²) in [5.41, 5.74) is 5.98. The van der Waals surface area contributed by atoms with Crippen molar-refractivity contribution < 1.29 is 19.1 Å². The largest absolute Gasteiger partial charge is 0.449 e. The molecule has 1 spiro atoms. The first-order valence-electron chi connectivity index (χ1n) is 13.8. The van der Waals surface area contributed by atoms with Gasteiger partial charge in [0, 0.05) is 53.5 Å². The maximum atomic E-state index is 13.4. The Morgan fingerprint density at radius 2 is 1.92 bits per heavy atom. The van der Waals surface area contributed by atoms with Crippen LogP contribution in [0.25, 0.3) is 0 Å². The maximum absolute atomic E-state index is 13.4. The number of allylic oxidation sites excluding steroid dienone is 4. The number of nitrogens with zero attached hydrogens (tertiary/aromatic N) is 2. The van der Waals surface area contributed by atoms with E-state index in [0.717, 1.165) is 65.8 Å². The van der Waals surface area contributed by atoms with Crippen molar-refractivity contribution in [1.29, 1.82) is 0 Å². The minimum atomic E-state index is -0.599. The van der Waals surface area contributed by atoms with E-state index in [4.69, 9.17) is 16.3 Å². The topological polar surface area (TPSA) is 76.6 Å². The Kier molecular flexibility index (Phi) is 7.51. The summed E-state index contributed by atoms with van der Waals surface area (Å²) in [6.45, 7) is 8.76. The van der Waals surface area contributed by atoms with Gasteiger partial charge < -0.3 is 9.64 Å². The molecule has 204 valence electrons. The van der Waals surface area contributed by atoms with Gasteiger partial charge in [0.2, 0.25) is 0 Å². The van der Waals surface area contributed by atoms with Crippen LogP contribution < -0.4 is 4.90 Å². The Bertz CT molecular complexity index is 1420. The maximum Gasteiger partial charge on any atom is 0.358 e. The van der Waals surface area contributed by atoms with Crippen LogP contribution in [0.5, 0.6) is 0 Å². The molecule has 5 rings (SSSR count). The fourth-order valence-corrected chi connectivity index (χ4v) is 6.86. The Hall–Kier alpha value is -3.25. The summed E-state index contributed by atoms with van der Waals surface area (Å²) in [5, 5.41) is 0.525. The first-order chi connectivity index (χ1) is 18.6. The highest BCUT2D eigenvalue weighted by Gasteiger charge is 2.49. The highest BCUT2D eigenvalue weighted by Crippen LogP contribution is 2.47. The molecule has 0 atom stereocenters. The molecule has 0 amide bonds. The number of benzene rings is 1. The van der Waals surface area contributed by atoms with E-state index in [1.165, 1.54) is 0 Å². The van der Waals surface area contributed by atoms with Gasteiger partial charge in [0.25, 0.3) is 0 Å². The fourth-order valence-electron chi connectivity index (χ4n) is 6.64. The number of hydrogen-bond acceptors (Lipinski definition) is 6. The van der Waals surface area contributed by atoms with Crippen molar-refractivity contribution >= 4 is 34.8 Å². The van der Waals surface area contributed by atoms with E-state index in [1.807, 2.05) is 45.0 Å². The van der Waals surface area contributed by atoms with Crippen LogP contribution in [0.3, 0.4) is 0 Å². The third-order valence-corrected chi connectivity index (χ3v) is 8.81. The lowest BCUT2D eigenvalue weighted by Crippen LogP contribution is -2.43. The second-order valence-corrected chi connectivity index (χ2v) is 11.5. The van der Waals surface area contributed by atoms with E-state index in [-0.39, 0.29) is 30.0 Å². The van der Waals surface area contributed by atoms with Crippen LogP contribution in [0.2, 0.25) is 5.02 Å². The number of rotatable bonds is 7. The van der Waals surface area contributed by atoms with Gasteiger partial charge in [-0.2, -0.15) is 0 Å². The summed E-state index contributed by atoms with van der Waals surface area (Å²) in [4.78, 5) is 45.0. The van der Waals surface area contributed by atoms with Crippen LogP contribution in [0, 0.1) is 6.92 Å². The molecule has 6 nitrogen and oxygen atoms in total. The van der Waals surface area contributed by atoms with Gasteiger partial charge >= 0.3 is 5.97 Å². The number of anilines is 1. The molecule has 2 aromatic rings. The number of aromatic nitrogens is 1. The smallest absolute Gasteiger partial charge is 0.358 e. The minimum absolute atomic E-state index is 0.00347. The first kappa shape index (κ1) is 27.3. The molecule has 1 aliphatic heterocycles. The van der Waals surface area contributed by atoms with Gasteiger partial charge in [-0.1, -0.05) is 29.3 Å². The molecule has 39 heavy (non-hydrogen) atoms. The average molecular weight is 547 g/mol. The van der Waals surface area contributed by atoms with Crippen molar-refractivity contribution in [3.63, 3.8) is 0 Å². The zero-order valence-corrected chi connectivity index (χ0v) is 23.9. The average Bonchev–Trinajstić information content (AvgIpc) is 3.17. The monoisotopic (exact) mass is 546 g/mol. The highest BCUT2D eigenvalue weighted by atomic mass is 35.5. The Balaban J connectivity index is 1.34. The number of ketones is 2. The molecular formula is C32H35ClN2O4. The van der Waals surface area contributed by atoms with Crippen LogP contribution >= 0.6 is 11.6 Å². The zero-order valence-electron chi connectivity index (χ0n) is 23.1. The van der Waals surface area contributed by atoms with Crippen molar-refractivity contribution in [2.75, 3.05) is 11.4 Å². The second-order valence-electron chi connectivity index (χ2n) is 11.1. The van der Waals surface area contributed by atoms with Crippen molar-refractivity contribution in [1.82, 2.24) is 4.98 Å². The molecule has 0 bridgehead atoms. The predicted octanol–water partition coefficient (Wildman–Crippen LogP) is 7.08. The number of carbonyl (C=O) groups excluding carboxylic acids is 3. The molecule has 0 N–H and O–H groups in total. The summed E-state index contributed by atoms with van der Waals surface area (Å²) >= 11 is 6.57. The van der Waals surface area contributed by atoms with Gasteiger partial charge in [-0.3, -0.25) is 9.59 Å². The van der Waals surface area contributed by atoms with Crippen LogP contribution in [-0.4, -0.2) is 35.1 Å². The summed E-state index contributed by atoms with van der Waals surface area (Å²) in [6, 6.07) is 7.74. The number of carbonyl (C=O) groups is 3. The first-order valence-corrected chi connectivity index (χ1v) is 14.2. The highest BCUT2D eigenvalue weighted by molar-refractivity contribution is 6.31. The summed E-state index contributed by atoms with van der Waals surface area (Å²) in [5.74, 6) is -0.226. The quantitative estimate of drug-likeness (QED) is 0.273. The molecule has 1 saturated carbocycles. The van der Waals surface area contributed by atoms with Gasteiger partial charge in [0.05, 0.1) is 0 Å². The number of Topliss-reactive ketones (excluding diaryl/α,β-unsaturated/α-hetero) is 2. The van der Waals surface area contributed by atoms with Gasteiger partial charge in [0.15, 0.2) is 17.3 Å². The second kappa shape index (κ2) is 10.7. The lowest BCUT2D eigenvalue weighted by atomic mass is 9.77. The van der Waals surface area contributed by atoms with E-state index in [9.17, 15) is 14.4 Å². The van der Waals surface area contributed by atoms with E-state index in [2.05, 4.69) is 16.8 Å². The molecule has 3 aliphatic rings. The van der Waals surface area contributed by atoms with E-state index in [0.29, 0.717) is 29.1 Å². The molecule has 1 fully saturated rings. The fraction of sp³-hybridized carbons (Fsp3) is 0.438. The lowest BCUT2D eigenvalue weighted by Gasteiger charge is -2.42. The van der Waals surface area contributed by atoms with Gasteiger partial charge in [0.1, 0.15) is 5.60 Å². The number of esters is 1. The molecule has 0 unspecified atom stereocenters. The van der Waals surface area contributed by atoms with Crippen molar-refractivity contribution in [2.45, 2.75) is 84.3 Å². The third kappa shape index (κ3) is 5.07. The number of hydrogen-bond donors (Lipinski definition) is 0. The molecule has 0 saturated heterocycles. The van der Waals surface area contributed by atoms with E-state index >= 15 is 0 Å². The van der Waals surface area contributed by atoms with Crippen molar-refractivity contribution in [3.05, 3.63) is 80.7 Å². The SMILES string of the molecule is CCN(c1cc(Cl)cc(C(=O)CCC2=C(C)C=C(C)CC2=O)c1C)C1CCC2(CC1)OC(=O)c1ncccc12. The number of halogens is 1. The third-order valence-electron chi connectivity index (χ3n) is 8.60. The summed E-state index contributed by atoms with van der Waals surface area (Å²) in [6.07, 6.45) is 7.93. The molecule has 2 aliphatic carbocycles. The summed E-state index contributed by atoms with van der Waals surface area (Å²) in [7, 11) is 0. The standard InChI is InChI=1S/C32H35ClN2O4/c1-5-35(23-10-12-32(13-11-23)26-7-6-14-34-30(26)31(38)39-32)27-18-22(33)17-25(21(27)4)28(36)9-8-24-20(3)15-19(2)16-29(24)37/h6-7,14-15,17-18,23H,5,8-13,16H2,1-4H3. The number of fused-ring (bicyclic) bond motifs is 2. The molecule has 1 aromatic carbocycles. The Morgan fingerprint density at radius 1 is 1.18 bits per heavy atom. The van der Waals surface area contributed by atoms with Crippen molar-refractivity contribution in [2.24, 2.45) is 0 Å². The van der Waals surface area contributed by atoms with Crippen molar-refractivity contribution in [3.8, 4) is 0 Å². The predicted molar refractivity (Wildman–Crippen MR) is 152 cm³/mol. The molecule has 1 aromatic heterocycles. The van der Waals surface area contributed by atoms with Gasteiger partial charge in [-0.05, 0) is 94.7 Å². The molecule has 2 heterocycles. The molecule has 7 heteroatoms. The van der Waals surface area contributed by atoms with Crippen LogP contribution in [0.4, 0.5) is 5.69 Å². The van der Waals surface area contributed by atoms with Crippen LogP contribution in [0.1, 0.15) is 97.7 Å². The lowest BCUT2D eigenvalue weighted by molar-refractivity contribution is -0.115. The van der Waals surface area contributed by atoms with E-state index < -0.39 is 5.60 Å². The Labute approximate surface area is 235 Å². The minimum Gasteiger partial charge on any atom is -0.449 e. The number of pyridine rings is 1.